The Morgan fingerprint density at radius 3 is 2.50 bits per heavy atom. The third-order valence-electron chi connectivity index (χ3n) is 3.69. The monoisotopic (exact) mass is 163 g/mol. The first-order chi connectivity index (χ1) is 5.63. The van der Waals surface area contributed by atoms with Crippen molar-refractivity contribution < 1.29 is 0 Å². The second-order valence-electron chi connectivity index (χ2n) is 5.20. The van der Waals surface area contributed by atoms with E-state index < -0.39 is 0 Å². The van der Waals surface area contributed by atoms with Gasteiger partial charge in [0.15, 0.2) is 0 Å². The van der Waals surface area contributed by atoms with Gasteiger partial charge in [-0.25, -0.2) is 0 Å². The van der Waals surface area contributed by atoms with Crippen LogP contribution in [0.2, 0.25) is 0 Å². The van der Waals surface area contributed by atoms with Crippen molar-refractivity contribution in [2.75, 3.05) is 0 Å². The SMILES string of the molecule is CC1(C)CC1CCC1CC1C#N. The predicted molar refractivity (Wildman–Crippen MR) is 48.3 cm³/mol. The summed E-state index contributed by atoms with van der Waals surface area (Å²) in [6, 6.07) is 2.35. The van der Waals surface area contributed by atoms with Gasteiger partial charge in [-0.1, -0.05) is 13.8 Å². The van der Waals surface area contributed by atoms with Crippen molar-refractivity contribution in [3.63, 3.8) is 0 Å². The summed E-state index contributed by atoms with van der Waals surface area (Å²) in [7, 11) is 0. The lowest BCUT2D eigenvalue weighted by molar-refractivity contribution is 0.499. The topological polar surface area (TPSA) is 23.8 Å². The number of hydrogen-bond acceptors (Lipinski definition) is 1. The van der Waals surface area contributed by atoms with Crippen LogP contribution in [0, 0.1) is 34.5 Å². The van der Waals surface area contributed by atoms with Gasteiger partial charge < -0.3 is 0 Å². The van der Waals surface area contributed by atoms with Crippen molar-refractivity contribution >= 4 is 0 Å². The maximum Gasteiger partial charge on any atom is 0.0658 e. The number of nitriles is 1. The van der Waals surface area contributed by atoms with E-state index in [4.69, 9.17) is 5.26 Å². The smallest absolute Gasteiger partial charge is 0.0658 e. The molecule has 0 aromatic heterocycles. The Bertz CT molecular complexity index is 224. The Balaban J connectivity index is 1.63. The standard InChI is InChI=1S/C11H17N/c1-11(2)6-10(11)4-3-8-5-9(8)7-12/h8-10H,3-6H2,1-2H3. The van der Waals surface area contributed by atoms with Crippen LogP contribution in [-0.4, -0.2) is 0 Å². The zero-order valence-electron chi connectivity index (χ0n) is 8.01. The van der Waals surface area contributed by atoms with Gasteiger partial charge in [-0.05, 0) is 42.9 Å². The molecule has 12 heavy (non-hydrogen) atoms. The van der Waals surface area contributed by atoms with E-state index in [1.807, 2.05) is 0 Å². The van der Waals surface area contributed by atoms with Crippen LogP contribution in [0.4, 0.5) is 0 Å². The molecule has 0 aromatic rings. The summed E-state index contributed by atoms with van der Waals surface area (Å²) >= 11 is 0. The molecule has 0 bridgehead atoms. The van der Waals surface area contributed by atoms with Crippen LogP contribution in [-0.2, 0) is 0 Å². The highest BCUT2D eigenvalue weighted by Gasteiger charge is 2.46. The Labute approximate surface area is 74.8 Å². The lowest BCUT2D eigenvalue weighted by atomic mass is 10.0. The second-order valence-corrected chi connectivity index (χ2v) is 5.20. The highest BCUT2D eigenvalue weighted by atomic mass is 14.5. The largest absolute Gasteiger partial charge is 0.198 e. The van der Waals surface area contributed by atoms with Gasteiger partial charge in [-0.15, -0.1) is 0 Å². The number of hydrogen-bond donors (Lipinski definition) is 0. The van der Waals surface area contributed by atoms with Crippen LogP contribution >= 0.6 is 0 Å². The zero-order valence-corrected chi connectivity index (χ0v) is 8.01. The molecule has 3 unspecified atom stereocenters. The first-order valence-electron chi connectivity index (χ1n) is 5.03. The Kier molecular flexibility index (Phi) is 1.68. The van der Waals surface area contributed by atoms with Crippen molar-refractivity contribution in [1.29, 1.82) is 5.26 Å². The maximum absolute atomic E-state index is 8.61. The zero-order chi connectivity index (χ0) is 8.77. The average Bonchev–Trinajstić information content (AvgIpc) is 2.84. The fraction of sp³-hybridized carbons (Fsp3) is 0.909. The van der Waals surface area contributed by atoms with Gasteiger partial charge in [0.05, 0.1) is 6.07 Å². The van der Waals surface area contributed by atoms with Gasteiger partial charge in [0.2, 0.25) is 0 Å². The molecular weight excluding hydrogens is 146 g/mol. The molecule has 0 N–H and O–H groups in total. The van der Waals surface area contributed by atoms with E-state index in [9.17, 15) is 0 Å². The fourth-order valence-corrected chi connectivity index (χ4v) is 2.21. The highest BCUT2D eigenvalue weighted by Crippen LogP contribution is 2.56. The lowest BCUT2D eigenvalue weighted by Gasteiger charge is -2.01. The molecule has 2 fully saturated rings. The molecule has 0 aromatic carbocycles. The number of rotatable bonds is 3. The van der Waals surface area contributed by atoms with E-state index >= 15 is 0 Å². The molecular formula is C11H17N. The summed E-state index contributed by atoms with van der Waals surface area (Å²) in [6.45, 7) is 4.71. The minimum atomic E-state index is 0.423. The summed E-state index contributed by atoms with van der Waals surface area (Å²) in [5.74, 6) is 2.16. The molecule has 66 valence electrons. The highest BCUT2D eigenvalue weighted by molar-refractivity contribution is 5.03. The molecule has 3 atom stereocenters. The Morgan fingerprint density at radius 2 is 2.08 bits per heavy atom. The molecule has 1 nitrogen and oxygen atoms in total. The molecule has 2 aliphatic rings. The van der Waals surface area contributed by atoms with Crippen LogP contribution in [0.15, 0.2) is 0 Å². The molecule has 0 radical (unpaired) electrons. The van der Waals surface area contributed by atoms with Crippen molar-refractivity contribution in [3.8, 4) is 6.07 Å². The van der Waals surface area contributed by atoms with E-state index in [0.29, 0.717) is 11.3 Å². The molecule has 2 saturated carbocycles. The van der Waals surface area contributed by atoms with Gasteiger partial charge in [0, 0.05) is 5.92 Å². The van der Waals surface area contributed by atoms with E-state index in [1.54, 1.807) is 0 Å². The van der Waals surface area contributed by atoms with Crippen molar-refractivity contribution in [3.05, 3.63) is 0 Å². The van der Waals surface area contributed by atoms with Crippen molar-refractivity contribution in [1.82, 2.24) is 0 Å². The van der Waals surface area contributed by atoms with Crippen LogP contribution in [0.5, 0.6) is 0 Å². The Hall–Kier alpha value is -0.510. The van der Waals surface area contributed by atoms with Crippen LogP contribution in [0.1, 0.15) is 39.5 Å². The first kappa shape index (κ1) is 8.10. The quantitative estimate of drug-likeness (QED) is 0.627. The van der Waals surface area contributed by atoms with Gasteiger partial charge in [0.25, 0.3) is 0 Å². The minimum absolute atomic E-state index is 0.423. The van der Waals surface area contributed by atoms with Gasteiger partial charge >= 0.3 is 0 Å². The van der Waals surface area contributed by atoms with Crippen LogP contribution < -0.4 is 0 Å². The third kappa shape index (κ3) is 1.48. The average molecular weight is 163 g/mol. The van der Waals surface area contributed by atoms with E-state index in [0.717, 1.165) is 11.8 Å². The first-order valence-corrected chi connectivity index (χ1v) is 5.03. The van der Waals surface area contributed by atoms with Crippen LogP contribution in [0.3, 0.4) is 0 Å². The maximum atomic E-state index is 8.61. The summed E-state index contributed by atoms with van der Waals surface area (Å²) in [5, 5.41) is 8.61. The minimum Gasteiger partial charge on any atom is -0.198 e. The molecule has 1 heteroatoms. The summed E-state index contributed by atoms with van der Waals surface area (Å²) < 4.78 is 0. The molecule has 0 aliphatic heterocycles. The lowest BCUT2D eigenvalue weighted by Crippen LogP contribution is -1.91. The van der Waals surface area contributed by atoms with Crippen LogP contribution in [0.25, 0.3) is 0 Å². The molecule has 2 aliphatic carbocycles. The van der Waals surface area contributed by atoms with E-state index in [2.05, 4.69) is 19.9 Å². The molecule has 0 amide bonds. The number of nitrogens with zero attached hydrogens (tertiary/aromatic N) is 1. The normalized spacial score (nSPS) is 41.9. The van der Waals surface area contributed by atoms with Crippen molar-refractivity contribution in [2.24, 2.45) is 23.2 Å². The third-order valence-corrected chi connectivity index (χ3v) is 3.69. The molecule has 0 heterocycles. The van der Waals surface area contributed by atoms with E-state index in [-0.39, 0.29) is 0 Å². The summed E-state index contributed by atoms with van der Waals surface area (Å²) in [6.07, 6.45) is 5.28. The van der Waals surface area contributed by atoms with Crippen molar-refractivity contribution in [2.45, 2.75) is 39.5 Å². The van der Waals surface area contributed by atoms with Gasteiger partial charge in [-0.2, -0.15) is 5.26 Å². The fourth-order valence-electron chi connectivity index (χ4n) is 2.21. The second kappa shape index (κ2) is 2.49. The molecule has 0 saturated heterocycles. The van der Waals surface area contributed by atoms with E-state index in [1.165, 1.54) is 25.7 Å². The molecule has 0 spiro atoms. The Morgan fingerprint density at radius 1 is 1.42 bits per heavy atom. The van der Waals surface area contributed by atoms with Gasteiger partial charge in [-0.3, -0.25) is 0 Å². The summed E-state index contributed by atoms with van der Waals surface area (Å²) in [4.78, 5) is 0. The van der Waals surface area contributed by atoms with Gasteiger partial charge in [0.1, 0.15) is 0 Å². The molecule has 2 rings (SSSR count). The predicted octanol–water partition coefficient (Wildman–Crippen LogP) is 2.97. The summed E-state index contributed by atoms with van der Waals surface area (Å²) in [5.41, 5.74) is 0.636.